The summed E-state index contributed by atoms with van der Waals surface area (Å²) < 4.78 is 0. The van der Waals surface area contributed by atoms with Gasteiger partial charge in [0, 0.05) is 24.2 Å². The van der Waals surface area contributed by atoms with Crippen molar-refractivity contribution in [1.29, 1.82) is 0 Å². The molecule has 3 rings (SSSR count). The zero-order valence-electron chi connectivity index (χ0n) is 13.1. The Balaban J connectivity index is 1.58. The number of rotatable bonds is 4. The van der Waals surface area contributed by atoms with E-state index in [-0.39, 0.29) is 0 Å². The fourth-order valence-corrected chi connectivity index (χ4v) is 4.26. The Kier molecular flexibility index (Phi) is 3.51. The minimum absolute atomic E-state index is 0.359. The lowest BCUT2D eigenvalue weighted by Crippen LogP contribution is -2.19. The highest BCUT2D eigenvalue weighted by atomic mass is 16.1. The molecule has 20 heavy (non-hydrogen) atoms. The Morgan fingerprint density at radius 1 is 1.40 bits per heavy atom. The van der Waals surface area contributed by atoms with E-state index in [0.29, 0.717) is 23.0 Å². The van der Waals surface area contributed by atoms with Gasteiger partial charge in [-0.1, -0.05) is 25.5 Å². The van der Waals surface area contributed by atoms with Crippen LogP contribution in [0.1, 0.15) is 59.3 Å². The summed E-state index contributed by atoms with van der Waals surface area (Å²) in [5, 5.41) is 3.52. The second-order valence-corrected chi connectivity index (χ2v) is 7.36. The lowest BCUT2D eigenvalue weighted by atomic mass is 9.95. The van der Waals surface area contributed by atoms with Gasteiger partial charge >= 0.3 is 0 Å². The number of carbonyl (C=O) groups excluding carboxylic acids is 1. The summed E-state index contributed by atoms with van der Waals surface area (Å²) in [6.45, 7) is 7.68. The van der Waals surface area contributed by atoms with Crippen molar-refractivity contribution >= 4 is 5.78 Å². The Morgan fingerprint density at radius 2 is 2.20 bits per heavy atom. The van der Waals surface area contributed by atoms with Crippen LogP contribution in [0, 0.1) is 17.3 Å². The van der Waals surface area contributed by atoms with Crippen LogP contribution in [0.3, 0.4) is 0 Å². The van der Waals surface area contributed by atoms with Crippen molar-refractivity contribution in [3.63, 3.8) is 0 Å². The fourth-order valence-electron chi connectivity index (χ4n) is 4.26. The molecule has 0 radical (unpaired) electrons. The molecular weight excluding hydrogens is 246 g/mol. The number of hydrogen-bond acceptors (Lipinski definition) is 2. The molecule has 0 aromatic rings. The Morgan fingerprint density at radius 3 is 2.85 bits per heavy atom. The molecule has 3 aliphatic rings. The van der Waals surface area contributed by atoms with Crippen LogP contribution in [0.5, 0.6) is 0 Å². The molecule has 0 spiro atoms. The molecule has 0 saturated heterocycles. The molecule has 2 atom stereocenters. The summed E-state index contributed by atoms with van der Waals surface area (Å²) in [6, 6.07) is 0. The van der Waals surface area contributed by atoms with E-state index in [1.807, 2.05) is 0 Å². The number of nitrogens with one attached hydrogen (secondary N) is 1. The molecule has 0 aromatic heterocycles. The number of ketones is 1. The highest BCUT2D eigenvalue weighted by Crippen LogP contribution is 2.68. The van der Waals surface area contributed by atoms with E-state index in [2.05, 4.69) is 32.2 Å². The van der Waals surface area contributed by atoms with E-state index >= 15 is 0 Å². The minimum atomic E-state index is 0.359. The number of allylic oxidation sites excluding steroid dienone is 3. The molecule has 3 aliphatic carbocycles. The van der Waals surface area contributed by atoms with Gasteiger partial charge in [0.1, 0.15) is 0 Å². The van der Waals surface area contributed by atoms with Gasteiger partial charge in [-0.15, -0.1) is 0 Å². The molecule has 0 amide bonds. The smallest absolute Gasteiger partial charge is 0.161 e. The van der Waals surface area contributed by atoms with Crippen LogP contribution >= 0.6 is 0 Å². The maximum atomic E-state index is 12.1. The topological polar surface area (TPSA) is 29.1 Å². The van der Waals surface area contributed by atoms with Crippen molar-refractivity contribution in [1.82, 2.24) is 5.32 Å². The van der Waals surface area contributed by atoms with E-state index in [9.17, 15) is 4.79 Å². The lowest BCUT2D eigenvalue weighted by Gasteiger charge is -2.16. The van der Waals surface area contributed by atoms with Gasteiger partial charge in [-0.3, -0.25) is 4.79 Å². The first-order valence-corrected chi connectivity index (χ1v) is 8.17. The minimum Gasteiger partial charge on any atom is -0.388 e. The summed E-state index contributed by atoms with van der Waals surface area (Å²) in [4.78, 5) is 12.1. The van der Waals surface area contributed by atoms with Gasteiger partial charge in [0.2, 0.25) is 0 Å². The van der Waals surface area contributed by atoms with Crippen molar-refractivity contribution in [3.05, 3.63) is 22.9 Å². The lowest BCUT2D eigenvalue weighted by molar-refractivity contribution is -0.115. The van der Waals surface area contributed by atoms with Gasteiger partial charge in [-0.2, -0.15) is 0 Å². The standard InChI is InChI=1S/C18H27NO/c1-12(19-10-9-13-7-5-4-6-8-13)16-15(20)11-14-17(16)18(14,2)3/h7,14,17,19H,4-6,8-11H2,1-3H3/b16-12+/t14-,17-/m1/s1. The largest absolute Gasteiger partial charge is 0.388 e. The Hall–Kier alpha value is -1.05. The highest BCUT2D eigenvalue weighted by Gasteiger charge is 2.65. The predicted octanol–water partition coefficient (Wildman–Crippen LogP) is 3.99. The van der Waals surface area contributed by atoms with Gasteiger partial charge in [-0.05, 0) is 56.3 Å². The molecule has 0 aromatic carbocycles. The van der Waals surface area contributed by atoms with E-state index in [1.165, 1.54) is 25.7 Å². The third-order valence-corrected chi connectivity index (χ3v) is 5.69. The summed E-state index contributed by atoms with van der Waals surface area (Å²) in [6.07, 6.45) is 9.55. The maximum absolute atomic E-state index is 12.1. The highest BCUT2D eigenvalue weighted by molar-refractivity contribution is 6.01. The Bertz CT molecular complexity index is 484. The summed E-state index contributed by atoms with van der Waals surface area (Å²) >= 11 is 0. The van der Waals surface area contributed by atoms with Crippen LogP contribution in [0.15, 0.2) is 22.9 Å². The van der Waals surface area contributed by atoms with Crippen molar-refractivity contribution < 1.29 is 4.79 Å². The van der Waals surface area contributed by atoms with Gasteiger partial charge in [-0.25, -0.2) is 0 Å². The molecule has 2 nitrogen and oxygen atoms in total. The first-order valence-electron chi connectivity index (χ1n) is 8.17. The zero-order valence-corrected chi connectivity index (χ0v) is 13.1. The molecule has 0 unspecified atom stereocenters. The fraction of sp³-hybridized carbons (Fsp3) is 0.722. The molecule has 0 aliphatic heterocycles. The van der Waals surface area contributed by atoms with E-state index < -0.39 is 0 Å². The molecule has 0 heterocycles. The van der Waals surface area contributed by atoms with Crippen LogP contribution in [-0.2, 0) is 4.79 Å². The van der Waals surface area contributed by atoms with Crippen LogP contribution < -0.4 is 5.32 Å². The first-order chi connectivity index (χ1) is 9.51. The predicted molar refractivity (Wildman–Crippen MR) is 82.3 cm³/mol. The van der Waals surface area contributed by atoms with E-state index in [0.717, 1.165) is 30.7 Å². The van der Waals surface area contributed by atoms with Crippen LogP contribution in [0.4, 0.5) is 0 Å². The van der Waals surface area contributed by atoms with E-state index in [4.69, 9.17) is 0 Å². The zero-order chi connectivity index (χ0) is 14.3. The van der Waals surface area contributed by atoms with Crippen LogP contribution in [-0.4, -0.2) is 12.3 Å². The third-order valence-electron chi connectivity index (χ3n) is 5.69. The quantitative estimate of drug-likeness (QED) is 0.620. The number of hydrogen-bond donors (Lipinski definition) is 1. The van der Waals surface area contributed by atoms with Gasteiger partial charge in [0.25, 0.3) is 0 Å². The molecular formula is C18H27NO. The average molecular weight is 273 g/mol. The van der Waals surface area contributed by atoms with Gasteiger partial charge in [0.05, 0.1) is 0 Å². The monoisotopic (exact) mass is 273 g/mol. The second kappa shape index (κ2) is 5.05. The average Bonchev–Trinajstić information content (AvgIpc) is 2.79. The Labute approximate surface area is 122 Å². The summed E-state index contributed by atoms with van der Waals surface area (Å²) in [5.74, 6) is 1.53. The maximum Gasteiger partial charge on any atom is 0.161 e. The number of carbonyl (C=O) groups is 1. The first kappa shape index (κ1) is 13.9. The number of fused-ring (bicyclic) bond motifs is 1. The van der Waals surface area contributed by atoms with Crippen LogP contribution in [0.2, 0.25) is 0 Å². The van der Waals surface area contributed by atoms with Gasteiger partial charge in [0.15, 0.2) is 5.78 Å². The molecule has 1 N–H and O–H groups in total. The molecule has 2 saturated carbocycles. The molecule has 0 bridgehead atoms. The normalized spacial score (nSPS) is 33.5. The second-order valence-electron chi connectivity index (χ2n) is 7.36. The van der Waals surface area contributed by atoms with Crippen molar-refractivity contribution in [2.45, 2.75) is 59.3 Å². The van der Waals surface area contributed by atoms with Gasteiger partial charge < -0.3 is 5.32 Å². The molecule has 2 fully saturated rings. The van der Waals surface area contributed by atoms with Crippen LogP contribution in [0.25, 0.3) is 0 Å². The van der Waals surface area contributed by atoms with Crippen molar-refractivity contribution in [2.75, 3.05) is 6.54 Å². The summed E-state index contributed by atoms with van der Waals surface area (Å²) in [7, 11) is 0. The summed E-state index contributed by atoms with van der Waals surface area (Å²) in [5.41, 5.74) is 4.21. The van der Waals surface area contributed by atoms with E-state index in [1.54, 1.807) is 5.57 Å². The SMILES string of the molecule is C/C(NCCC1=CCCCC1)=C1/C(=O)C[C@@H]2[C@H]1C2(C)C. The van der Waals surface area contributed by atoms with Crippen molar-refractivity contribution in [3.8, 4) is 0 Å². The number of Topliss-reactive ketones (excluding diaryl/α,β-unsaturated/α-hetero) is 1. The molecule has 110 valence electrons. The third kappa shape index (κ3) is 2.34. The molecule has 2 heteroatoms. The van der Waals surface area contributed by atoms with Crippen molar-refractivity contribution in [2.24, 2.45) is 17.3 Å².